The van der Waals surface area contributed by atoms with Gasteiger partial charge in [0.1, 0.15) is 0 Å². The molecule has 1 aromatic carbocycles. The van der Waals surface area contributed by atoms with Crippen LogP contribution in [0.4, 0.5) is 0 Å². The van der Waals surface area contributed by atoms with Crippen LogP contribution in [-0.2, 0) is 4.74 Å². The molecule has 0 radical (unpaired) electrons. The minimum absolute atomic E-state index is 0.0462. The highest BCUT2D eigenvalue weighted by molar-refractivity contribution is 6.42. The van der Waals surface area contributed by atoms with Gasteiger partial charge in [0, 0.05) is 19.3 Å². The van der Waals surface area contributed by atoms with E-state index in [9.17, 15) is 0 Å². The smallest absolute Gasteiger partial charge is 0.0640 e. The molecule has 0 bridgehead atoms. The van der Waals surface area contributed by atoms with Crippen molar-refractivity contribution in [3.8, 4) is 0 Å². The Morgan fingerprint density at radius 2 is 1.94 bits per heavy atom. The standard InChI is InChI=1S/C12H15Cl2NO/c13-10-3-1-2-9(11(10)14)12(15)8-4-6-16-7-5-8/h1-3,8,12H,4-7,15H2. The summed E-state index contributed by atoms with van der Waals surface area (Å²) in [6.45, 7) is 1.58. The van der Waals surface area contributed by atoms with Gasteiger partial charge >= 0.3 is 0 Å². The summed E-state index contributed by atoms with van der Waals surface area (Å²) in [5.74, 6) is 0.435. The number of halogens is 2. The molecule has 2 N–H and O–H groups in total. The van der Waals surface area contributed by atoms with Gasteiger partial charge in [-0.2, -0.15) is 0 Å². The van der Waals surface area contributed by atoms with Crippen LogP contribution in [-0.4, -0.2) is 13.2 Å². The maximum absolute atomic E-state index is 6.24. The number of rotatable bonds is 2. The second-order valence-corrected chi connectivity index (χ2v) is 4.90. The van der Waals surface area contributed by atoms with Crippen LogP contribution < -0.4 is 5.73 Å². The van der Waals surface area contributed by atoms with Crippen molar-refractivity contribution in [2.75, 3.05) is 13.2 Å². The van der Waals surface area contributed by atoms with Crippen molar-refractivity contribution in [3.63, 3.8) is 0 Å². The minimum atomic E-state index is -0.0462. The van der Waals surface area contributed by atoms with Crippen LogP contribution in [0.25, 0.3) is 0 Å². The largest absolute Gasteiger partial charge is 0.381 e. The van der Waals surface area contributed by atoms with E-state index in [1.165, 1.54) is 0 Å². The van der Waals surface area contributed by atoms with E-state index in [2.05, 4.69) is 0 Å². The fourth-order valence-electron chi connectivity index (χ4n) is 2.11. The van der Waals surface area contributed by atoms with Crippen molar-refractivity contribution < 1.29 is 4.74 Å². The Kier molecular flexibility index (Phi) is 4.09. The first-order valence-electron chi connectivity index (χ1n) is 5.47. The van der Waals surface area contributed by atoms with E-state index in [0.29, 0.717) is 16.0 Å². The Morgan fingerprint density at radius 3 is 2.62 bits per heavy atom. The van der Waals surface area contributed by atoms with Gasteiger partial charge in [-0.3, -0.25) is 0 Å². The average molecular weight is 260 g/mol. The molecule has 0 aliphatic carbocycles. The summed E-state index contributed by atoms with van der Waals surface area (Å²) in [6, 6.07) is 5.58. The third-order valence-electron chi connectivity index (χ3n) is 3.11. The van der Waals surface area contributed by atoms with Gasteiger partial charge in [-0.25, -0.2) is 0 Å². The lowest BCUT2D eigenvalue weighted by atomic mass is 9.88. The van der Waals surface area contributed by atoms with Crippen molar-refractivity contribution in [2.24, 2.45) is 11.7 Å². The first-order valence-corrected chi connectivity index (χ1v) is 6.23. The van der Waals surface area contributed by atoms with E-state index in [4.69, 9.17) is 33.7 Å². The third kappa shape index (κ3) is 2.51. The quantitative estimate of drug-likeness (QED) is 0.884. The SMILES string of the molecule is NC(c1cccc(Cl)c1Cl)C1CCOCC1. The van der Waals surface area contributed by atoms with Crippen molar-refractivity contribution in [1.29, 1.82) is 0 Å². The molecule has 2 rings (SSSR count). The lowest BCUT2D eigenvalue weighted by Gasteiger charge is -2.28. The van der Waals surface area contributed by atoms with Crippen molar-refractivity contribution in [3.05, 3.63) is 33.8 Å². The topological polar surface area (TPSA) is 35.2 Å². The van der Waals surface area contributed by atoms with Gasteiger partial charge in [0.2, 0.25) is 0 Å². The van der Waals surface area contributed by atoms with Crippen LogP contribution in [0, 0.1) is 5.92 Å². The second kappa shape index (κ2) is 5.37. The van der Waals surface area contributed by atoms with Crippen LogP contribution in [0.2, 0.25) is 10.0 Å². The predicted molar refractivity (Wildman–Crippen MR) is 66.9 cm³/mol. The summed E-state index contributed by atoms with van der Waals surface area (Å²) in [7, 11) is 0. The number of benzene rings is 1. The summed E-state index contributed by atoms with van der Waals surface area (Å²) in [4.78, 5) is 0. The number of nitrogens with two attached hydrogens (primary N) is 1. The van der Waals surface area contributed by atoms with Gasteiger partial charge in [-0.15, -0.1) is 0 Å². The number of ether oxygens (including phenoxy) is 1. The molecule has 1 heterocycles. The summed E-state index contributed by atoms with van der Waals surface area (Å²) >= 11 is 12.1. The molecule has 1 saturated heterocycles. The Morgan fingerprint density at radius 1 is 1.25 bits per heavy atom. The molecular weight excluding hydrogens is 245 g/mol. The Bertz CT molecular complexity index is 364. The highest BCUT2D eigenvalue weighted by Gasteiger charge is 2.24. The summed E-state index contributed by atoms with van der Waals surface area (Å²) in [6.07, 6.45) is 1.98. The molecule has 88 valence electrons. The van der Waals surface area contributed by atoms with Crippen LogP contribution in [0.5, 0.6) is 0 Å². The van der Waals surface area contributed by atoms with Crippen molar-refractivity contribution in [2.45, 2.75) is 18.9 Å². The predicted octanol–water partition coefficient (Wildman–Crippen LogP) is 3.42. The molecule has 1 atom stereocenters. The van der Waals surface area contributed by atoms with Crippen LogP contribution in [0.15, 0.2) is 18.2 Å². The van der Waals surface area contributed by atoms with Crippen LogP contribution in [0.3, 0.4) is 0 Å². The molecule has 1 unspecified atom stereocenters. The molecule has 1 aliphatic heterocycles. The van der Waals surface area contributed by atoms with E-state index in [-0.39, 0.29) is 6.04 Å². The lowest BCUT2D eigenvalue weighted by molar-refractivity contribution is 0.0584. The molecule has 1 aromatic rings. The van der Waals surface area contributed by atoms with E-state index in [0.717, 1.165) is 31.6 Å². The van der Waals surface area contributed by atoms with E-state index < -0.39 is 0 Å². The molecule has 1 fully saturated rings. The lowest BCUT2D eigenvalue weighted by Crippen LogP contribution is -2.27. The average Bonchev–Trinajstić information content (AvgIpc) is 2.33. The molecule has 0 saturated carbocycles. The van der Waals surface area contributed by atoms with Crippen molar-refractivity contribution >= 4 is 23.2 Å². The van der Waals surface area contributed by atoms with E-state index >= 15 is 0 Å². The fraction of sp³-hybridized carbons (Fsp3) is 0.500. The number of hydrogen-bond acceptors (Lipinski definition) is 2. The summed E-state index contributed by atoms with van der Waals surface area (Å²) in [5, 5.41) is 1.16. The highest BCUT2D eigenvalue weighted by Crippen LogP contribution is 2.35. The van der Waals surface area contributed by atoms with Crippen molar-refractivity contribution in [1.82, 2.24) is 0 Å². The summed E-state index contributed by atoms with van der Waals surface area (Å²) < 4.78 is 5.33. The Hall–Kier alpha value is -0.280. The normalized spacial score (nSPS) is 19.7. The maximum Gasteiger partial charge on any atom is 0.0640 e. The third-order valence-corrected chi connectivity index (χ3v) is 3.95. The fourth-order valence-corrected chi connectivity index (χ4v) is 2.54. The van der Waals surface area contributed by atoms with Gasteiger partial charge in [0.05, 0.1) is 10.0 Å². The molecule has 2 nitrogen and oxygen atoms in total. The van der Waals surface area contributed by atoms with Gasteiger partial charge in [-0.05, 0) is 30.4 Å². The highest BCUT2D eigenvalue weighted by atomic mass is 35.5. The first kappa shape index (κ1) is 12.2. The number of hydrogen-bond donors (Lipinski definition) is 1. The molecule has 4 heteroatoms. The van der Waals surface area contributed by atoms with Crippen LogP contribution in [0.1, 0.15) is 24.4 Å². The molecule has 0 amide bonds. The molecule has 0 aromatic heterocycles. The maximum atomic E-state index is 6.24. The van der Waals surface area contributed by atoms with Gasteiger partial charge < -0.3 is 10.5 Å². The Balaban J connectivity index is 2.19. The summed E-state index contributed by atoms with van der Waals surface area (Å²) in [5.41, 5.74) is 7.19. The van der Waals surface area contributed by atoms with Gasteiger partial charge in [0.15, 0.2) is 0 Å². The molecule has 0 spiro atoms. The Labute approximate surface area is 106 Å². The molecule has 16 heavy (non-hydrogen) atoms. The van der Waals surface area contributed by atoms with Gasteiger partial charge in [0.25, 0.3) is 0 Å². The van der Waals surface area contributed by atoms with Gasteiger partial charge in [-0.1, -0.05) is 35.3 Å². The second-order valence-electron chi connectivity index (χ2n) is 4.12. The molecular formula is C12H15Cl2NO. The monoisotopic (exact) mass is 259 g/mol. The minimum Gasteiger partial charge on any atom is -0.381 e. The van der Waals surface area contributed by atoms with E-state index in [1.807, 2.05) is 12.1 Å². The zero-order valence-electron chi connectivity index (χ0n) is 8.96. The zero-order valence-corrected chi connectivity index (χ0v) is 10.5. The van der Waals surface area contributed by atoms with Crippen LogP contribution >= 0.6 is 23.2 Å². The molecule has 1 aliphatic rings. The van der Waals surface area contributed by atoms with E-state index in [1.54, 1.807) is 6.07 Å². The zero-order chi connectivity index (χ0) is 11.5. The first-order chi connectivity index (χ1) is 7.70.